The molecule has 29 heavy (non-hydrogen) atoms. The Hall–Kier alpha value is -2.39. The van der Waals surface area contributed by atoms with E-state index >= 15 is 0 Å². The number of carbonyl (C=O) groups is 1. The molecule has 1 aliphatic carbocycles. The van der Waals surface area contributed by atoms with Crippen LogP contribution in [0.25, 0.3) is 10.4 Å². The van der Waals surface area contributed by atoms with Gasteiger partial charge in [-0.3, -0.25) is 15.6 Å². The molecule has 1 amide bonds. The Kier molecular flexibility index (Phi) is 5.60. The number of carbonyl (C=O) groups excluding carboxylic acids is 1. The van der Waals surface area contributed by atoms with Crippen LogP contribution < -0.4 is 15.6 Å². The first-order valence-electron chi connectivity index (χ1n) is 8.95. The first-order chi connectivity index (χ1) is 13.9. The van der Waals surface area contributed by atoms with Gasteiger partial charge in [-0.1, -0.05) is 23.7 Å². The molecule has 150 valence electrons. The van der Waals surface area contributed by atoms with Crippen LogP contribution in [0.15, 0.2) is 65.6 Å². The fourth-order valence-electron chi connectivity index (χ4n) is 2.63. The maximum atomic E-state index is 12.4. The highest BCUT2D eigenvalue weighted by atomic mass is 35.5. The number of anilines is 1. The first-order valence-corrected chi connectivity index (χ1v) is 11.6. The highest BCUT2D eigenvalue weighted by molar-refractivity contribution is 7.89. The molecule has 4 rings (SSSR count). The second kappa shape index (κ2) is 8.16. The van der Waals surface area contributed by atoms with Gasteiger partial charge in [0.25, 0.3) is 5.91 Å². The summed E-state index contributed by atoms with van der Waals surface area (Å²) in [5.74, 6) is -0.276. The van der Waals surface area contributed by atoms with Crippen LogP contribution in [0.4, 0.5) is 5.69 Å². The Morgan fingerprint density at radius 1 is 0.966 bits per heavy atom. The van der Waals surface area contributed by atoms with Gasteiger partial charge < -0.3 is 0 Å². The Labute approximate surface area is 177 Å². The topological polar surface area (TPSA) is 87.3 Å². The van der Waals surface area contributed by atoms with E-state index < -0.39 is 10.0 Å². The van der Waals surface area contributed by atoms with Crippen molar-refractivity contribution in [1.29, 1.82) is 0 Å². The number of hydrogen-bond donors (Lipinski definition) is 3. The molecule has 3 N–H and O–H groups in total. The molecule has 3 aromatic rings. The molecule has 0 aliphatic heterocycles. The Balaban J connectivity index is 1.36. The fourth-order valence-corrected chi connectivity index (χ4v) is 4.96. The van der Waals surface area contributed by atoms with Gasteiger partial charge in [0.05, 0.1) is 15.5 Å². The van der Waals surface area contributed by atoms with Crippen molar-refractivity contribution in [1.82, 2.24) is 10.1 Å². The lowest BCUT2D eigenvalue weighted by atomic mass is 10.2. The number of hydrogen-bond acceptors (Lipinski definition) is 5. The van der Waals surface area contributed by atoms with Crippen LogP contribution in [0, 0.1) is 0 Å². The molecule has 0 unspecified atom stereocenters. The molecular weight excluding hydrogens is 430 g/mol. The van der Waals surface area contributed by atoms with E-state index in [0.717, 1.165) is 23.3 Å². The minimum Gasteiger partial charge on any atom is -0.298 e. The summed E-state index contributed by atoms with van der Waals surface area (Å²) in [5, 5.41) is 0.662. The van der Waals surface area contributed by atoms with E-state index in [-0.39, 0.29) is 16.8 Å². The van der Waals surface area contributed by atoms with Crippen molar-refractivity contribution in [2.24, 2.45) is 0 Å². The van der Waals surface area contributed by atoms with Gasteiger partial charge >= 0.3 is 0 Å². The van der Waals surface area contributed by atoms with Crippen molar-refractivity contribution in [2.75, 3.05) is 5.43 Å². The van der Waals surface area contributed by atoms with Gasteiger partial charge in [-0.25, -0.2) is 13.1 Å². The van der Waals surface area contributed by atoms with Crippen molar-refractivity contribution < 1.29 is 13.2 Å². The highest BCUT2D eigenvalue weighted by Crippen LogP contribution is 2.29. The minimum atomic E-state index is -3.49. The van der Waals surface area contributed by atoms with E-state index in [0.29, 0.717) is 15.6 Å². The van der Waals surface area contributed by atoms with Crippen LogP contribution in [0.2, 0.25) is 5.02 Å². The summed E-state index contributed by atoms with van der Waals surface area (Å²) in [5.41, 5.74) is 7.00. The third-order valence-electron chi connectivity index (χ3n) is 4.34. The van der Waals surface area contributed by atoms with Crippen molar-refractivity contribution in [3.63, 3.8) is 0 Å². The van der Waals surface area contributed by atoms with E-state index in [4.69, 9.17) is 11.6 Å². The number of sulfonamides is 1. The smallest absolute Gasteiger partial charge is 0.279 e. The molecular formula is C20H18ClN3O3S2. The number of nitrogens with one attached hydrogen (secondary N) is 3. The first kappa shape index (κ1) is 19.9. The molecule has 1 saturated carbocycles. The lowest BCUT2D eigenvalue weighted by Gasteiger charge is -2.09. The molecule has 1 aliphatic rings. The molecule has 2 aromatic carbocycles. The second-order valence-electron chi connectivity index (χ2n) is 6.67. The van der Waals surface area contributed by atoms with E-state index in [1.165, 1.54) is 23.5 Å². The minimum absolute atomic E-state index is 0.0562. The molecule has 1 aromatic heterocycles. The molecule has 9 heteroatoms. The SMILES string of the molecule is O=C(NNc1ccc(S(=O)(=O)NC2CC2)cc1)c1ccc(-c2ccc(Cl)cc2)s1. The molecule has 6 nitrogen and oxygen atoms in total. The lowest BCUT2D eigenvalue weighted by Crippen LogP contribution is -2.28. The van der Waals surface area contributed by atoms with Gasteiger partial charge in [-0.05, 0) is 66.9 Å². The Bertz CT molecular complexity index is 1120. The quantitative estimate of drug-likeness (QED) is 0.472. The van der Waals surface area contributed by atoms with Crippen LogP contribution in [-0.2, 0) is 10.0 Å². The third kappa shape index (κ3) is 4.97. The molecule has 1 heterocycles. The number of benzene rings is 2. The van der Waals surface area contributed by atoms with E-state index in [9.17, 15) is 13.2 Å². The van der Waals surface area contributed by atoms with Gasteiger partial charge in [-0.15, -0.1) is 11.3 Å². The zero-order valence-electron chi connectivity index (χ0n) is 15.2. The van der Waals surface area contributed by atoms with Crippen LogP contribution in [0.5, 0.6) is 0 Å². The summed E-state index contributed by atoms with van der Waals surface area (Å²) < 4.78 is 27.0. The number of rotatable bonds is 7. The van der Waals surface area contributed by atoms with Crippen LogP contribution in [-0.4, -0.2) is 20.4 Å². The van der Waals surface area contributed by atoms with Gasteiger partial charge in [-0.2, -0.15) is 0 Å². The summed E-state index contributed by atoms with van der Waals surface area (Å²) in [6.07, 6.45) is 1.76. The van der Waals surface area contributed by atoms with Gasteiger partial charge in [0.2, 0.25) is 10.0 Å². The highest BCUT2D eigenvalue weighted by Gasteiger charge is 2.27. The molecule has 0 spiro atoms. The summed E-state index contributed by atoms with van der Waals surface area (Å²) >= 11 is 7.28. The van der Waals surface area contributed by atoms with Gasteiger partial charge in [0.1, 0.15) is 0 Å². The molecule has 0 bridgehead atoms. The maximum Gasteiger partial charge on any atom is 0.279 e. The van der Waals surface area contributed by atoms with E-state index in [1.807, 2.05) is 30.3 Å². The normalized spacial score (nSPS) is 13.8. The number of hydrazine groups is 1. The number of amides is 1. The van der Waals surface area contributed by atoms with Gasteiger partial charge in [0.15, 0.2) is 0 Å². The zero-order valence-corrected chi connectivity index (χ0v) is 17.6. The predicted octanol–water partition coefficient (Wildman–Crippen LogP) is 4.27. The van der Waals surface area contributed by atoms with Crippen LogP contribution in [0.3, 0.4) is 0 Å². The van der Waals surface area contributed by atoms with E-state index in [2.05, 4.69) is 15.6 Å². The monoisotopic (exact) mass is 447 g/mol. The zero-order chi connectivity index (χ0) is 20.4. The number of halogens is 1. The van der Waals surface area contributed by atoms with Crippen LogP contribution >= 0.6 is 22.9 Å². The standard InChI is InChI=1S/C20H18ClN3O3S2/c21-14-3-1-13(2-4-14)18-11-12-19(28-18)20(25)23-22-15-7-9-17(10-8-15)29(26,27)24-16-5-6-16/h1-4,7-12,16,22,24H,5-6H2,(H,23,25). The molecule has 1 fully saturated rings. The Morgan fingerprint density at radius 3 is 2.31 bits per heavy atom. The lowest BCUT2D eigenvalue weighted by molar-refractivity contribution is 0.0966. The van der Waals surface area contributed by atoms with Crippen LogP contribution in [0.1, 0.15) is 22.5 Å². The van der Waals surface area contributed by atoms with Gasteiger partial charge in [0, 0.05) is 15.9 Å². The van der Waals surface area contributed by atoms with Crippen molar-refractivity contribution >= 4 is 44.6 Å². The molecule has 0 saturated heterocycles. The largest absolute Gasteiger partial charge is 0.298 e. The van der Waals surface area contributed by atoms with E-state index in [1.54, 1.807) is 18.2 Å². The van der Waals surface area contributed by atoms with Crippen molar-refractivity contribution in [3.05, 3.63) is 70.6 Å². The molecule has 0 atom stereocenters. The predicted molar refractivity (Wildman–Crippen MR) is 116 cm³/mol. The number of thiophene rings is 1. The maximum absolute atomic E-state index is 12.4. The average molecular weight is 448 g/mol. The Morgan fingerprint density at radius 2 is 1.66 bits per heavy atom. The molecule has 0 radical (unpaired) electrons. The summed E-state index contributed by atoms with van der Waals surface area (Å²) in [6.45, 7) is 0. The third-order valence-corrected chi connectivity index (χ3v) is 7.26. The van der Waals surface area contributed by atoms with Crippen molar-refractivity contribution in [2.45, 2.75) is 23.8 Å². The summed E-state index contributed by atoms with van der Waals surface area (Å²) in [4.78, 5) is 14.1. The second-order valence-corrected chi connectivity index (χ2v) is 9.90. The summed E-state index contributed by atoms with van der Waals surface area (Å²) in [7, 11) is -3.49. The van der Waals surface area contributed by atoms with Crippen molar-refractivity contribution in [3.8, 4) is 10.4 Å². The average Bonchev–Trinajstić information content (AvgIpc) is 3.37. The fraction of sp³-hybridized carbons (Fsp3) is 0.150. The summed E-state index contributed by atoms with van der Waals surface area (Å²) in [6, 6.07) is 17.3.